The van der Waals surface area contributed by atoms with E-state index in [0.29, 0.717) is 18.7 Å². The van der Waals surface area contributed by atoms with Crippen LogP contribution in [0, 0.1) is 29.1 Å². The smallest absolute Gasteiger partial charge is 0.262 e. The third-order valence-electron chi connectivity index (χ3n) is 10.8. The summed E-state index contributed by atoms with van der Waals surface area (Å²) < 4.78 is 1.64. The number of benzene rings is 2. The zero-order valence-corrected chi connectivity index (χ0v) is 27.9. The topological polar surface area (TPSA) is 158 Å². The normalized spacial score (nSPS) is 19.7. The number of carbonyl (C=O) groups is 5. The molecule has 0 bridgehead atoms. The molecule has 4 heterocycles. The molecule has 8 rings (SSSR count). The van der Waals surface area contributed by atoms with E-state index in [2.05, 4.69) is 38.5 Å². The van der Waals surface area contributed by atoms with Crippen LogP contribution in [-0.4, -0.2) is 63.3 Å². The number of imide groups is 2. The van der Waals surface area contributed by atoms with Gasteiger partial charge in [-0.3, -0.25) is 38.9 Å². The molecule has 1 atom stereocenters. The molecule has 2 saturated heterocycles. The summed E-state index contributed by atoms with van der Waals surface area (Å²) in [5.74, 6) is 4.28. The molecule has 1 aromatic heterocycles. The lowest BCUT2D eigenvalue weighted by Gasteiger charge is -2.38. The monoisotopic (exact) mass is 669 g/mol. The lowest BCUT2D eigenvalue weighted by Crippen LogP contribution is -2.54. The highest BCUT2D eigenvalue weighted by Crippen LogP contribution is 2.42. The number of nitriles is 1. The van der Waals surface area contributed by atoms with Crippen LogP contribution in [0.25, 0.3) is 0 Å². The number of rotatable bonds is 5. The molecule has 1 unspecified atom stereocenters. The van der Waals surface area contributed by atoms with Gasteiger partial charge in [0.2, 0.25) is 11.8 Å². The number of hydrogen-bond donors (Lipinski definition) is 2. The molecule has 12 nitrogen and oxygen atoms in total. The Morgan fingerprint density at radius 3 is 2.32 bits per heavy atom. The molecule has 50 heavy (non-hydrogen) atoms. The molecule has 3 aromatic rings. The van der Waals surface area contributed by atoms with Crippen molar-refractivity contribution >= 4 is 40.9 Å². The maximum Gasteiger partial charge on any atom is 0.262 e. The van der Waals surface area contributed by atoms with Crippen molar-refractivity contribution in [2.75, 3.05) is 23.3 Å². The average Bonchev–Trinajstić information content (AvgIpc) is 3.89. The third-order valence-corrected chi connectivity index (χ3v) is 10.8. The van der Waals surface area contributed by atoms with Crippen LogP contribution in [0.5, 0.6) is 0 Å². The van der Waals surface area contributed by atoms with Crippen LogP contribution in [0.2, 0.25) is 0 Å². The Bertz CT molecular complexity index is 2120. The maximum absolute atomic E-state index is 13.8. The number of fused-ring (bicyclic) bond motifs is 3. The number of nitrogens with zero attached hydrogens (tertiary/aromatic N) is 5. The lowest BCUT2D eigenvalue weighted by molar-refractivity contribution is -0.136. The number of amides is 5. The van der Waals surface area contributed by atoms with Gasteiger partial charge in [0.15, 0.2) is 0 Å². The van der Waals surface area contributed by atoms with Crippen LogP contribution in [0.15, 0.2) is 30.6 Å². The molecule has 12 heteroatoms. The summed E-state index contributed by atoms with van der Waals surface area (Å²) in [6.07, 6.45) is 9.07. The van der Waals surface area contributed by atoms with Gasteiger partial charge in [0.1, 0.15) is 11.6 Å². The second-order valence-corrected chi connectivity index (χ2v) is 14.2. The van der Waals surface area contributed by atoms with Crippen LogP contribution in [0.3, 0.4) is 0 Å². The van der Waals surface area contributed by atoms with Crippen molar-refractivity contribution in [3.63, 3.8) is 0 Å². The molecule has 2 fully saturated rings. The van der Waals surface area contributed by atoms with Crippen LogP contribution >= 0.6 is 0 Å². The Labute approximate surface area is 288 Å². The van der Waals surface area contributed by atoms with E-state index in [1.807, 2.05) is 13.8 Å². The van der Waals surface area contributed by atoms with E-state index in [9.17, 15) is 29.2 Å². The molecule has 5 amide bonds. The Balaban J connectivity index is 0.919. The third kappa shape index (κ3) is 4.97. The van der Waals surface area contributed by atoms with Gasteiger partial charge in [-0.15, -0.1) is 0 Å². The standard InChI is InChI=1S/C38H35N7O5/c1-38(2,37(50)42-33-26-7-3-5-24(26)30(16-39)25-6-4-8-27(25)33)44-20-21(17-40-44)9-10-22-18-43(19-22)23-11-12-28-29(15-23)36(49)45(35(28)48)31-13-14-32(46)41-34(31)47/h11-12,15,17,20,22,31H,3-8,13-14,18-19H2,1-2H3,(H,42,50)(H,41,46,47). The van der Waals surface area contributed by atoms with Crippen LogP contribution in [-0.2, 0) is 45.6 Å². The first-order valence-corrected chi connectivity index (χ1v) is 17.1. The number of aromatic nitrogens is 2. The minimum atomic E-state index is -1.000. The molecule has 2 N–H and O–H groups in total. The van der Waals surface area contributed by atoms with Gasteiger partial charge in [-0.25, -0.2) is 0 Å². The van der Waals surface area contributed by atoms with E-state index in [-0.39, 0.29) is 35.8 Å². The molecule has 0 radical (unpaired) electrons. The number of hydrogen-bond acceptors (Lipinski definition) is 8. The van der Waals surface area contributed by atoms with E-state index in [0.717, 1.165) is 82.6 Å². The van der Waals surface area contributed by atoms with Gasteiger partial charge in [-0.1, -0.05) is 11.8 Å². The van der Waals surface area contributed by atoms with Gasteiger partial charge in [-0.2, -0.15) is 10.4 Å². The molecule has 5 aliphatic rings. The summed E-state index contributed by atoms with van der Waals surface area (Å²) in [7, 11) is 0. The number of nitrogens with one attached hydrogen (secondary N) is 2. The van der Waals surface area contributed by atoms with Crippen molar-refractivity contribution < 1.29 is 24.0 Å². The Morgan fingerprint density at radius 2 is 1.64 bits per heavy atom. The van der Waals surface area contributed by atoms with Crippen LogP contribution < -0.4 is 15.5 Å². The largest absolute Gasteiger partial charge is 0.369 e. The van der Waals surface area contributed by atoms with Crippen molar-refractivity contribution in [2.24, 2.45) is 5.92 Å². The number of piperidine rings is 1. The first kappa shape index (κ1) is 31.5. The Kier molecular flexibility index (Phi) is 7.37. The summed E-state index contributed by atoms with van der Waals surface area (Å²) >= 11 is 0. The van der Waals surface area contributed by atoms with E-state index < -0.39 is 35.2 Å². The second-order valence-electron chi connectivity index (χ2n) is 14.2. The summed E-state index contributed by atoms with van der Waals surface area (Å²) in [5.41, 5.74) is 7.14. The molecule has 0 saturated carbocycles. The molecule has 2 aliphatic carbocycles. The van der Waals surface area contributed by atoms with E-state index >= 15 is 0 Å². The van der Waals surface area contributed by atoms with Gasteiger partial charge < -0.3 is 10.2 Å². The minimum Gasteiger partial charge on any atom is -0.369 e. The van der Waals surface area contributed by atoms with Crippen LogP contribution in [0.1, 0.15) is 93.6 Å². The molecule has 0 spiro atoms. The molecule has 252 valence electrons. The maximum atomic E-state index is 13.8. The zero-order chi connectivity index (χ0) is 34.9. The molecule has 2 aromatic carbocycles. The summed E-state index contributed by atoms with van der Waals surface area (Å²) in [5, 5.41) is 19.8. The number of anilines is 2. The van der Waals surface area contributed by atoms with E-state index in [1.165, 1.54) is 0 Å². The highest BCUT2D eigenvalue weighted by Gasteiger charge is 2.45. The first-order chi connectivity index (χ1) is 24.0. The van der Waals surface area contributed by atoms with Gasteiger partial charge in [0.25, 0.3) is 17.7 Å². The highest BCUT2D eigenvalue weighted by atomic mass is 16.2. The predicted molar refractivity (Wildman–Crippen MR) is 181 cm³/mol. The fourth-order valence-electron chi connectivity index (χ4n) is 7.93. The summed E-state index contributed by atoms with van der Waals surface area (Å²) in [6.45, 7) is 4.93. The Morgan fingerprint density at radius 1 is 0.960 bits per heavy atom. The number of carbonyl (C=O) groups excluding carboxylic acids is 5. The summed E-state index contributed by atoms with van der Waals surface area (Å²) in [4.78, 5) is 67.0. The Hall–Kier alpha value is -5.75. The van der Waals surface area contributed by atoms with Gasteiger partial charge in [0.05, 0.1) is 40.4 Å². The molecule has 3 aliphatic heterocycles. The van der Waals surface area contributed by atoms with Crippen LogP contribution in [0.4, 0.5) is 11.4 Å². The predicted octanol–water partition coefficient (Wildman–Crippen LogP) is 3.00. The van der Waals surface area contributed by atoms with E-state index in [4.69, 9.17) is 0 Å². The summed E-state index contributed by atoms with van der Waals surface area (Å²) in [6, 6.07) is 6.53. The van der Waals surface area contributed by atoms with Crippen molar-refractivity contribution in [2.45, 2.75) is 76.8 Å². The van der Waals surface area contributed by atoms with Crippen molar-refractivity contribution in [1.82, 2.24) is 20.0 Å². The molecular formula is C38H35N7O5. The first-order valence-electron chi connectivity index (χ1n) is 17.1. The molecular weight excluding hydrogens is 634 g/mol. The van der Waals surface area contributed by atoms with E-state index in [1.54, 1.807) is 35.3 Å². The highest BCUT2D eigenvalue weighted by molar-refractivity contribution is 6.23. The van der Waals surface area contributed by atoms with Gasteiger partial charge in [-0.05, 0) is 99.2 Å². The van der Waals surface area contributed by atoms with Gasteiger partial charge >= 0.3 is 0 Å². The zero-order valence-electron chi connectivity index (χ0n) is 27.9. The van der Waals surface area contributed by atoms with Crippen molar-refractivity contribution in [1.29, 1.82) is 5.26 Å². The minimum absolute atomic E-state index is 0.0702. The lowest BCUT2D eigenvalue weighted by atomic mass is 9.92. The van der Waals surface area contributed by atoms with Crippen molar-refractivity contribution in [3.8, 4) is 17.9 Å². The van der Waals surface area contributed by atoms with Crippen molar-refractivity contribution in [3.05, 3.63) is 75.1 Å². The fourth-order valence-corrected chi connectivity index (χ4v) is 7.93. The second kappa shape index (κ2) is 11.7. The fraction of sp³-hybridized carbons (Fsp3) is 0.395. The SMILES string of the molecule is CC(C)(C(=O)Nc1c2c(c(C#N)c3c1CCC3)CCC2)n1cc(C#CC2CN(c3ccc4c(c3)C(=O)N(C3CCC(=O)NC3=O)C4=O)C2)cn1. The quantitative estimate of drug-likeness (QED) is 0.310. The van der Waals surface area contributed by atoms with Gasteiger partial charge in [0, 0.05) is 37.1 Å². The average molecular weight is 670 g/mol.